The first kappa shape index (κ1) is 11.6. The Hall–Kier alpha value is -0.870. The molecule has 2 heterocycles. The van der Waals surface area contributed by atoms with Gasteiger partial charge in [0.15, 0.2) is 0 Å². The number of rotatable bonds is 4. The van der Waals surface area contributed by atoms with Gasteiger partial charge in [-0.15, -0.1) is 0 Å². The van der Waals surface area contributed by atoms with Crippen molar-refractivity contribution in [3.05, 3.63) is 18.7 Å². The molecule has 0 aromatic carbocycles. The number of aromatic nitrogens is 2. The van der Waals surface area contributed by atoms with Gasteiger partial charge in [-0.05, 0) is 25.3 Å². The van der Waals surface area contributed by atoms with Crippen LogP contribution in [0.2, 0.25) is 0 Å². The SMILES string of the molecule is CC1CCN(CCn2ccnc2)C(CN)C1. The Morgan fingerprint density at radius 2 is 2.31 bits per heavy atom. The Kier molecular flexibility index (Phi) is 3.96. The fourth-order valence-electron chi connectivity index (χ4n) is 2.50. The molecular formula is C12H22N4. The summed E-state index contributed by atoms with van der Waals surface area (Å²) < 4.78 is 2.13. The Labute approximate surface area is 97.4 Å². The van der Waals surface area contributed by atoms with Crippen LogP contribution in [0.1, 0.15) is 19.8 Å². The molecule has 0 bridgehead atoms. The lowest BCUT2D eigenvalue weighted by atomic mass is 9.92. The number of nitrogens with zero attached hydrogens (tertiary/aromatic N) is 3. The molecule has 1 fully saturated rings. The van der Waals surface area contributed by atoms with E-state index in [-0.39, 0.29) is 0 Å². The van der Waals surface area contributed by atoms with Gasteiger partial charge in [-0.25, -0.2) is 4.98 Å². The Morgan fingerprint density at radius 3 is 3.00 bits per heavy atom. The van der Waals surface area contributed by atoms with E-state index in [0.717, 1.165) is 25.6 Å². The van der Waals surface area contributed by atoms with E-state index in [9.17, 15) is 0 Å². The topological polar surface area (TPSA) is 47.1 Å². The fraction of sp³-hybridized carbons (Fsp3) is 0.750. The van der Waals surface area contributed by atoms with Crippen molar-refractivity contribution >= 4 is 0 Å². The molecular weight excluding hydrogens is 200 g/mol. The van der Waals surface area contributed by atoms with E-state index in [1.54, 1.807) is 0 Å². The van der Waals surface area contributed by atoms with Gasteiger partial charge in [-0.3, -0.25) is 4.90 Å². The quantitative estimate of drug-likeness (QED) is 0.825. The summed E-state index contributed by atoms with van der Waals surface area (Å²) in [5, 5.41) is 0. The minimum atomic E-state index is 0.576. The number of imidazole rings is 1. The van der Waals surface area contributed by atoms with Crippen LogP contribution in [0.25, 0.3) is 0 Å². The molecule has 0 aliphatic carbocycles. The van der Waals surface area contributed by atoms with Gasteiger partial charge in [-0.1, -0.05) is 6.92 Å². The van der Waals surface area contributed by atoms with Crippen LogP contribution in [0.15, 0.2) is 18.7 Å². The van der Waals surface area contributed by atoms with Crippen molar-refractivity contribution < 1.29 is 0 Å². The zero-order valence-electron chi connectivity index (χ0n) is 10.0. The molecule has 1 saturated heterocycles. The van der Waals surface area contributed by atoms with Crippen molar-refractivity contribution in [1.29, 1.82) is 0 Å². The van der Waals surface area contributed by atoms with Crippen molar-refractivity contribution in [2.75, 3.05) is 19.6 Å². The first-order valence-electron chi connectivity index (χ1n) is 6.19. The molecule has 0 saturated carbocycles. The lowest BCUT2D eigenvalue weighted by Crippen LogP contribution is -2.47. The summed E-state index contributed by atoms with van der Waals surface area (Å²) in [6, 6.07) is 0.576. The summed E-state index contributed by atoms with van der Waals surface area (Å²) in [6.07, 6.45) is 8.29. The van der Waals surface area contributed by atoms with Crippen molar-refractivity contribution in [1.82, 2.24) is 14.5 Å². The van der Waals surface area contributed by atoms with Crippen molar-refractivity contribution in [3.63, 3.8) is 0 Å². The number of likely N-dealkylation sites (tertiary alicyclic amines) is 1. The van der Waals surface area contributed by atoms with Crippen LogP contribution >= 0.6 is 0 Å². The summed E-state index contributed by atoms with van der Waals surface area (Å²) in [5.74, 6) is 0.832. The van der Waals surface area contributed by atoms with E-state index in [4.69, 9.17) is 5.73 Å². The molecule has 16 heavy (non-hydrogen) atoms. The highest BCUT2D eigenvalue weighted by Crippen LogP contribution is 2.21. The smallest absolute Gasteiger partial charge is 0.0946 e. The molecule has 0 spiro atoms. The minimum absolute atomic E-state index is 0.576. The maximum atomic E-state index is 5.84. The van der Waals surface area contributed by atoms with Crippen LogP contribution in [-0.4, -0.2) is 40.1 Å². The molecule has 2 atom stereocenters. The highest BCUT2D eigenvalue weighted by atomic mass is 15.2. The molecule has 4 nitrogen and oxygen atoms in total. The third-order valence-corrected chi connectivity index (χ3v) is 3.58. The predicted octanol–water partition coefficient (Wildman–Crippen LogP) is 0.942. The molecule has 0 amide bonds. The highest BCUT2D eigenvalue weighted by Gasteiger charge is 2.24. The van der Waals surface area contributed by atoms with E-state index >= 15 is 0 Å². The number of hydrogen-bond acceptors (Lipinski definition) is 3. The first-order chi connectivity index (χ1) is 7.79. The number of piperidine rings is 1. The fourth-order valence-corrected chi connectivity index (χ4v) is 2.50. The molecule has 2 rings (SSSR count). The Morgan fingerprint density at radius 1 is 1.44 bits per heavy atom. The second-order valence-corrected chi connectivity index (χ2v) is 4.86. The number of hydrogen-bond donors (Lipinski definition) is 1. The average molecular weight is 222 g/mol. The largest absolute Gasteiger partial charge is 0.336 e. The Bertz CT molecular complexity index is 296. The van der Waals surface area contributed by atoms with Crippen molar-refractivity contribution in [3.8, 4) is 0 Å². The lowest BCUT2D eigenvalue weighted by Gasteiger charge is -2.37. The van der Waals surface area contributed by atoms with E-state index < -0.39 is 0 Å². The van der Waals surface area contributed by atoms with E-state index in [1.807, 2.05) is 18.7 Å². The van der Waals surface area contributed by atoms with Gasteiger partial charge in [0.2, 0.25) is 0 Å². The normalized spacial score (nSPS) is 27.1. The van der Waals surface area contributed by atoms with Crippen LogP contribution in [0.4, 0.5) is 0 Å². The molecule has 0 radical (unpaired) electrons. The maximum Gasteiger partial charge on any atom is 0.0946 e. The third-order valence-electron chi connectivity index (χ3n) is 3.58. The lowest BCUT2D eigenvalue weighted by molar-refractivity contribution is 0.118. The second-order valence-electron chi connectivity index (χ2n) is 4.86. The van der Waals surface area contributed by atoms with E-state index in [2.05, 4.69) is 21.4 Å². The summed E-state index contributed by atoms with van der Waals surface area (Å²) in [4.78, 5) is 6.58. The summed E-state index contributed by atoms with van der Waals surface area (Å²) >= 11 is 0. The van der Waals surface area contributed by atoms with Crippen molar-refractivity contribution in [2.45, 2.75) is 32.4 Å². The second kappa shape index (κ2) is 5.46. The zero-order valence-corrected chi connectivity index (χ0v) is 10.0. The first-order valence-corrected chi connectivity index (χ1v) is 6.19. The van der Waals surface area contributed by atoms with Crippen LogP contribution in [0, 0.1) is 5.92 Å². The Balaban J connectivity index is 1.83. The zero-order chi connectivity index (χ0) is 11.4. The molecule has 90 valence electrons. The minimum Gasteiger partial charge on any atom is -0.336 e. The maximum absolute atomic E-state index is 5.84. The van der Waals surface area contributed by atoms with Crippen molar-refractivity contribution in [2.24, 2.45) is 11.7 Å². The van der Waals surface area contributed by atoms with Crippen LogP contribution in [-0.2, 0) is 6.54 Å². The highest BCUT2D eigenvalue weighted by molar-refractivity contribution is 4.82. The third kappa shape index (κ3) is 2.83. The molecule has 1 aromatic heterocycles. The average Bonchev–Trinajstić information content (AvgIpc) is 2.80. The molecule has 2 unspecified atom stereocenters. The summed E-state index contributed by atoms with van der Waals surface area (Å²) in [6.45, 7) is 6.41. The van der Waals surface area contributed by atoms with E-state index in [1.165, 1.54) is 19.4 Å². The molecule has 1 aliphatic heterocycles. The monoisotopic (exact) mass is 222 g/mol. The van der Waals surface area contributed by atoms with Gasteiger partial charge in [0.25, 0.3) is 0 Å². The van der Waals surface area contributed by atoms with Gasteiger partial charge in [0.05, 0.1) is 6.33 Å². The van der Waals surface area contributed by atoms with Gasteiger partial charge >= 0.3 is 0 Å². The van der Waals surface area contributed by atoms with Gasteiger partial charge in [-0.2, -0.15) is 0 Å². The van der Waals surface area contributed by atoms with Gasteiger partial charge in [0.1, 0.15) is 0 Å². The molecule has 4 heteroatoms. The van der Waals surface area contributed by atoms with Crippen LogP contribution in [0.3, 0.4) is 0 Å². The number of nitrogens with two attached hydrogens (primary N) is 1. The molecule has 1 aromatic rings. The van der Waals surface area contributed by atoms with Crippen LogP contribution in [0.5, 0.6) is 0 Å². The van der Waals surface area contributed by atoms with Crippen LogP contribution < -0.4 is 5.73 Å². The predicted molar refractivity (Wildman–Crippen MR) is 65.0 cm³/mol. The standard InChI is InChI=1S/C12H22N4/c1-11-2-4-16(12(8-11)9-13)7-6-15-5-3-14-10-15/h3,5,10-12H,2,4,6-9,13H2,1H3. The van der Waals surface area contributed by atoms with Gasteiger partial charge < -0.3 is 10.3 Å². The van der Waals surface area contributed by atoms with E-state index in [0.29, 0.717) is 6.04 Å². The van der Waals surface area contributed by atoms with Gasteiger partial charge in [0, 0.05) is 38.1 Å². The summed E-state index contributed by atoms with van der Waals surface area (Å²) in [7, 11) is 0. The molecule has 2 N–H and O–H groups in total. The summed E-state index contributed by atoms with van der Waals surface area (Å²) in [5.41, 5.74) is 5.84. The molecule has 1 aliphatic rings.